The van der Waals surface area contributed by atoms with Crippen molar-refractivity contribution in [3.05, 3.63) is 30.1 Å². The van der Waals surface area contributed by atoms with Crippen LogP contribution in [-0.2, 0) is 6.54 Å². The Morgan fingerprint density at radius 2 is 2.05 bits per heavy atom. The van der Waals surface area contributed by atoms with Gasteiger partial charge in [0.25, 0.3) is 0 Å². The number of piperazine rings is 1. The van der Waals surface area contributed by atoms with Gasteiger partial charge in [0, 0.05) is 51.2 Å². The standard InChI is InChI=1S/C17H29N3O/c1-15(2)5-9-20-11-10-19(14-17(20)6-12-21)13-16-3-7-18-8-4-16/h3-4,7-8,15,17,21H,5-6,9-14H2,1-2H3. The highest BCUT2D eigenvalue weighted by molar-refractivity contribution is 5.09. The van der Waals surface area contributed by atoms with Crippen LogP contribution in [0, 0.1) is 5.92 Å². The second-order valence-corrected chi connectivity index (χ2v) is 6.48. The summed E-state index contributed by atoms with van der Waals surface area (Å²) in [7, 11) is 0. The topological polar surface area (TPSA) is 39.6 Å². The van der Waals surface area contributed by atoms with Gasteiger partial charge in [-0.25, -0.2) is 0 Å². The van der Waals surface area contributed by atoms with Crippen molar-refractivity contribution in [2.75, 3.05) is 32.8 Å². The lowest BCUT2D eigenvalue weighted by molar-refractivity contribution is 0.0524. The molecule has 0 amide bonds. The van der Waals surface area contributed by atoms with Gasteiger partial charge in [-0.2, -0.15) is 0 Å². The molecule has 1 aromatic heterocycles. The molecule has 0 radical (unpaired) electrons. The lowest BCUT2D eigenvalue weighted by Crippen LogP contribution is -2.53. The maximum Gasteiger partial charge on any atom is 0.0446 e. The van der Waals surface area contributed by atoms with E-state index in [0.717, 1.165) is 45.1 Å². The fourth-order valence-corrected chi connectivity index (χ4v) is 2.99. The molecule has 1 atom stereocenters. The van der Waals surface area contributed by atoms with Gasteiger partial charge in [-0.15, -0.1) is 0 Å². The molecular weight excluding hydrogens is 262 g/mol. The van der Waals surface area contributed by atoms with Crippen LogP contribution in [0.3, 0.4) is 0 Å². The van der Waals surface area contributed by atoms with Crippen molar-refractivity contribution >= 4 is 0 Å². The van der Waals surface area contributed by atoms with E-state index in [-0.39, 0.29) is 6.61 Å². The quantitative estimate of drug-likeness (QED) is 0.834. The Hall–Kier alpha value is -0.970. The van der Waals surface area contributed by atoms with Crippen LogP contribution >= 0.6 is 0 Å². The molecule has 0 saturated carbocycles. The van der Waals surface area contributed by atoms with Crippen LogP contribution < -0.4 is 0 Å². The van der Waals surface area contributed by atoms with Gasteiger partial charge < -0.3 is 5.11 Å². The van der Waals surface area contributed by atoms with E-state index in [1.54, 1.807) is 0 Å². The number of aromatic nitrogens is 1. The first-order chi connectivity index (χ1) is 10.2. The van der Waals surface area contributed by atoms with E-state index in [1.165, 1.54) is 12.0 Å². The third-order valence-electron chi connectivity index (χ3n) is 4.30. The van der Waals surface area contributed by atoms with E-state index in [1.807, 2.05) is 12.4 Å². The minimum atomic E-state index is 0.284. The predicted molar refractivity (Wildman–Crippen MR) is 86.0 cm³/mol. The highest BCUT2D eigenvalue weighted by atomic mass is 16.3. The zero-order chi connectivity index (χ0) is 15.1. The number of pyridine rings is 1. The van der Waals surface area contributed by atoms with E-state index >= 15 is 0 Å². The minimum Gasteiger partial charge on any atom is -0.396 e. The van der Waals surface area contributed by atoms with Crippen LogP contribution in [0.5, 0.6) is 0 Å². The van der Waals surface area contributed by atoms with Crippen molar-refractivity contribution in [2.24, 2.45) is 5.92 Å². The number of hydrogen-bond acceptors (Lipinski definition) is 4. The fourth-order valence-electron chi connectivity index (χ4n) is 2.99. The van der Waals surface area contributed by atoms with E-state index in [9.17, 15) is 5.11 Å². The molecule has 4 nitrogen and oxygen atoms in total. The first kappa shape index (κ1) is 16.4. The van der Waals surface area contributed by atoms with Crippen molar-refractivity contribution < 1.29 is 5.11 Å². The van der Waals surface area contributed by atoms with Crippen LogP contribution in [-0.4, -0.2) is 58.7 Å². The summed E-state index contributed by atoms with van der Waals surface area (Å²) in [5.74, 6) is 0.745. The predicted octanol–water partition coefficient (Wildman–Crippen LogP) is 2.00. The molecule has 0 aliphatic carbocycles. The van der Waals surface area contributed by atoms with Gasteiger partial charge >= 0.3 is 0 Å². The van der Waals surface area contributed by atoms with Gasteiger partial charge in [-0.1, -0.05) is 13.8 Å². The van der Waals surface area contributed by atoms with Gasteiger partial charge in [0.1, 0.15) is 0 Å². The summed E-state index contributed by atoms with van der Waals surface area (Å²) in [6, 6.07) is 4.67. The van der Waals surface area contributed by atoms with Gasteiger partial charge in [0.15, 0.2) is 0 Å². The molecule has 1 aliphatic rings. The van der Waals surface area contributed by atoms with E-state index in [2.05, 4.69) is 40.8 Å². The maximum absolute atomic E-state index is 9.34. The second-order valence-electron chi connectivity index (χ2n) is 6.48. The maximum atomic E-state index is 9.34. The minimum absolute atomic E-state index is 0.284. The molecule has 21 heavy (non-hydrogen) atoms. The van der Waals surface area contributed by atoms with E-state index in [0.29, 0.717) is 6.04 Å². The first-order valence-corrected chi connectivity index (χ1v) is 8.15. The lowest BCUT2D eigenvalue weighted by Gasteiger charge is -2.41. The fraction of sp³-hybridized carbons (Fsp3) is 0.706. The van der Waals surface area contributed by atoms with E-state index in [4.69, 9.17) is 0 Å². The molecule has 1 fully saturated rings. The first-order valence-electron chi connectivity index (χ1n) is 8.15. The van der Waals surface area contributed by atoms with Crippen molar-refractivity contribution in [3.63, 3.8) is 0 Å². The van der Waals surface area contributed by atoms with Crippen LogP contribution in [0.1, 0.15) is 32.3 Å². The molecule has 4 heteroatoms. The van der Waals surface area contributed by atoms with Crippen LogP contribution in [0.15, 0.2) is 24.5 Å². The zero-order valence-corrected chi connectivity index (χ0v) is 13.4. The summed E-state index contributed by atoms with van der Waals surface area (Å²) < 4.78 is 0. The third-order valence-corrected chi connectivity index (χ3v) is 4.30. The highest BCUT2D eigenvalue weighted by Gasteiger charge is 2.26. The van der Waals surface area contributed by atoms with Gasteiger partial charge in [-0.3, -0.25) is 14.8 Å². The van der Waals surface area contributed by atoms with Gasteiger partial charge in [0.05, 0.1) is 0 Å². The van der Waals surface area contributed by atoms with E-state index < -0.39 is 0 Å². The monoisotopic (exact) mass is 291 g/mol. The number of hydrogen-bond donors (Lipinski definition) is 1. The normalized spacial score (nSPS) is 21.0. The number of rotatable bonds is 7. The molecular formula is C17H29N3O. The largest absolute Gasteiger partial charge is 0.396 e. The zero-order valence-electron chi connectivity index (χ0n) is 13.4. The Balaban J connectivity index is 1.88. The van der Waals surface area contributed by atoms with Crippen molar-refractivity contribution in [1.29, 1.82) is 0 Å². The summed E-state index contributed by atoms with van der Waals surface area (Å²) >= 11 is 0. The van der Waals surface area contributed by atoms with Crippen LogP contribution in [0.4, 0.5) is 0 Å². The van der Waals surface area contributed by atoms with Crippen molar-refractivity contribution in [1.82, 2.24) is 14.8 Å². The molecule has 1 unspecified atom stereocenters. The Labute approximate surface area is 128 Å². The molecule has 118 valence electrons. The molecule has 0 spiro atoms. The molecule has 2 rings (SSSR count). The number of aliphatic hydroxyl groups is 1. The van der Waals surface area contributed by atoms with Crippen LogP contribution in [0.25, 0.3) is 0 Å². The third kappa shape index (κ3) is 5.38. The summed E-state index contributed by atoms with van der Waals surface area (Å²) in [4.78, 5) is 9.15. The number of aliphatic hydroxyl groups excluding tert-OH is 1. The van der Waals surface area contributed by atoms with Crippen molar-refractivity contribution in [3.8, 4) is 0 Å². The van der Waals surface area contributed by atoms with Crippen LogP contribution in [0.2, 0.25) is 0 Å². The molecule has 1 saturated heterocycles. The SMILES string of the molecule is CC(C)CCN1CCN(Cc2ccncc2)CC1CCO. The highest BCUT2D eigenvalue weighted by Crippen LogP contribution is 2.17. The molecule has 1 N–H and O–H groups in total. The molecule has 0 aromatic carbocycles. The Morgan fingerprint density at radius 3 is 2.71 bits per heavy atom. The summed E-state index contributed by atoms with van der Waals surface area (Å²) in [6.07, 6.45) is 5.84. The Bertz CT molecular complexity index is 396. The van der Waals surface area contributed by atoms with Gasteiger partial charge in [-0.05, 0) is 43.0 Å². The second kappa shape index (κ2) is 8.47. The molecule has 1 aromatic rings. The molecule has 1 aliphatic heterocycles. The molecule has 2 heterocycles. The van der Waals surface area contributed by atoms with Crippen molar-refractivity contribution in [2.45, 2.75) is 39.3 Å². The summed E-state index contributed by atoms with van der Waals surface area (Å²) in [5, 5.41) is 9.34. The Kier molecular flexibility index (Phi) is 6.61. The van der Waals surface area contributed by atoms with Gasteiger partial charge in [0.2, 0.25) is 0 Å². The summed E-state index contributed by atoms with van der Waals surface area (Å²) in [5.41, 5.74) is 1.32. The summed E-state index contributed by atoms with van der Waals surface area (Å²) in [6.45, 7) is 10.3. The average Bonchev–Trinajstić information content (AvgIpc) is 2.48. The number of nitrogens with zero attached hydrogens (tertiary/aromatic N) is 3. The lowest BCUT2D eigenvalue weighted by atomic mass is 10.1. The Morgan fingerprint density at radius 1 is 1.29 bits per heavy atom. The molecule has 0 bridgehead atoms. The smallest absolute Gasteiger partial charge is 0.0446 e. The average molecular weight is 291 g/mol.